The molecule has 0 saturated heterocycles. The first kappa shape index (κ1) is 55.3. The Morgan fingerprint density at radius 1 is 0.750 bits per heavy atom. The Morgan fingerprint density at radius 2 is 1.28 bits per heavy atom. The maximum absolute atomic E-state index is 12.7. The zero-order valence-electron chi connectivity index (χ0n) is 36.9. The number of phosphoric acid groups is 1. The number of carboxylic acid groups (broad SMARTS) is 1. The van der Waals surface area contributed by atoms with Crippen LogP contribution in [-0.2, 0) is 42.3 Å². The number of allylic oxidation sites excluding steroid dienone is 5. The third kappa shape index (κ3) is 30.4. The van der Waals surface area contributed by atoms with Crippen molar-refractivity contribution in [1.29, 1.82) is 0 Å². The van der Waals surface area contributed by atoms with Gasteiger partial charge in [0.05, 0.1) is 19.3 Å². The lowest BCUT2D eigenvalue weighted by Crippen LogP contribution is -2.34. The van der Waals surface area contributed by atoms with Crippen molar-refractivity contribution in [2.45, 2.75) is 199 Å². The third-order valence-electron chi connectivity index (χ3n) is 10.6. The van der Waals surface area contributed by atoms with Crippen molar-refractivity contribution in [2.75, 3.05) is 19.8 Å². The van der Waals surface area contributed by atoms with Gasteiger partial charge in [0, 0.05) is 18.8 Å². The van der Waals surface area contributed by atoms with Gasteiger partial charge in [-0.3, -0.25) is 28.2 Å². The number of ether oxygens (including phenoxy) is 2. The van der Waals surface area contributed by atoms with E-state index in [1.807, 2.05) is 24.3 Å². The highest BCUT2D eigenvalue weighted by molar-refractivity contribution is 7.47. The normalized spacial score (nSPS) is 17.9. The van der Waals surface area contributed by atoms with Crippen LogP contribution in [0, 0.1) is 11.8 Å². The van der Waals surface area contributed by atoms with Crippen molar-refractivity contribution in [2.24, 2.45) is 17.6 Å². The van der Waals surface area contributed by atoms with Gasteiger partial charge >= 0.3 is 25.7 Å². The summed E-state index contributed by atoms with van der Waals surface area (Å²) in [7, 11) is -4.77. The quantitative estimate of drug-likeness (QED) is 0.0196. The lowest BCUT2D eigenvalue weighted by Gasteiger charge is -2.20. The summed E-state index contributed by atoms with van der Waals surface area (Å²) in [6, 6.07) is -1.55. The van der Waals surface area contributed by atoms with Crippen LogP contribution in [0.1, 0.15) is 181 Å². The van der Waals surface area contributed by atoms with Crippen LogP contribution in [0.2, 0.25) is 0 Å². The number of nitrogens with two attached hydrogens (primary N) is 1. The second-order valence-corrected chi connectivity index (χ2v) is 17.7. The second-order valence-electron chi connectivity index (χ2n) is 16.2. The molecule has 0 saturated carbocycles. The zero-order valence-corrected chi connectivity index (χ0v) is 37.8. The molecule has 6 atom stereocenters. The van der Waals surface area contributed by atoms with E-state index in [-0.39, 0.29) is 30.5 Å². The molecule has 1 rings (SSSR count). The largest absolute Gasteiger partial charge is 0.480 e. The fraction of sp³-hybridized carbons (Fsp3) is 0.783. The molecule has 14 heteroatoms. The van der Waals surface area contributed by atoms with Crippen LogP contribution < -0.4 is 5.73 Å². The summed E-state index contributed by atoms with van der Waals surface area (Å²) in [4.78, 5) is 58.6. The number of aliphatic hydroxyl groups excluding tert-OH is 1. The van der Waals surface area contributed by atoms with E-state index >= 15 is 0 Å². The molecular formula is C46H80NO12P. The number of ketones is 1. The Kier molecular flexibility index (Phi) is 33.1. The van der Waals surface area contributed by atoms with Gasteiger partial charge in [-0.2, -0.15) is 0 Å². The van der Waals surface area contributed by atoms with Crippen molar-refractivity contribution < 1.29 is 57.4 Å². The number of carbonyl (C=O) groups excluding carboxylic acids is 3. The SMILES string of the molecule is CCCCCCCCCCCCCCCCCCCC(=O)O[C@H](COC(=O)CCC/C=C\C[C@H]1C=CC(=O)[C@@H]1/C=C/[C@@H](O)CCCCC)COP(=O)(O)OC[C@H](N)C(=O)O. The monoisotopic (exact) mass is 870 g/mol. The van der Waals surface area contributed by atoms with Crippen molar-refractivity contribution in [1.82, 2.24) is 0 Å². The summed E-state index contributed by atoms with van der Waals surface area (Å²) in [5.41, 5.74) is 5.34. The average molecular weight is 870 g/mol. The molecule has 0 aromatic rings. The van der Waals surface area contributed by atoms with E-state index < -0.39 is 63.8 Å². The van der Waals surface area contributed by atoms with Gasteiger partial charge in [0.2, 0.25) is 0 Å². The van der Waals surface area contributed by atoms with Crippen molar-refractivity contribution >= 4 is 31.5 Å². The minimum absolute atomic E-state index is 0.00197. The number of esters is 2. The molecular weight excluding hydrogens is 789 g/mol. The van der Waals surface area contributed by atoms with E-state index in [2.05, 4.69) is 18.4 Å². The van der Waals surface area contributed by atoms with E-state index in [9.17, 15) is 33.7 Å². The maximum Gasteiger partial charge on any atom is 0.472 e. The van der Waals surface area contributed by atoms with E-state index in [0.717, 1.165) is 38.5 Å². The van der Waals surface area contributed by atoms with Gasteiger partial charge in [-0.1, -0.05) is 166 Å². The first-order valence-corrected chi connectivity index (χ1v) is 24.6. The first-order valence-electron chi connectivity index (χ1n) is 23.1. The summed E-state index contributed by atoms with van der Waals surface area (Å²) in [5, 5.41) is 19.1. The number of aliphatic carboxylic acids is 1. The predicted octanol–water partition coefficient (Wildman–Crippen LogP) is 10.0. The highest BCUT2D eigenvalue weighted by atomic mass is 31.2. The Balaban J connectivity index is 2.42. The molecule has 0 fully saturated rings. The van der Waals surface area contributed by atoms with E-state index in [1.165, 1.54) is 83.5 Å². The fourth-order valence-electron chi connectivity index (χ4n) is 6.88. The molecule has 0 bridgehead atoms. The molecule has 0 spiro atoms. The molecule has 0 amide bonds. The highest BCUT2D eigenvalue weighted by Crippen LogP contribution is 2.43. The number of hydrogen-bond acceptors (Lipinski definition) is 11. The number of hydrogen-bond donors (Lipinski definition) is 4. The topological polar surface area (TPSA) is 209 Å². The predicted molar refractivity (Wildman–Crippen MR) is 235 cm³/mol. The van der Waals surface area contributed by atoms with Crippen molar-refractivity contribution in [3.05, 3.63) is 36.5 Å². The minimum atomic E-state index is -4.77. The first-order chi connectivity index (χ1) is 28.9. The van der Waals surface area contributed by atoms with Crippen LogP contribution in [0.5, 0.6) is 0 Å². The second kappa shape index (κ2) is 35.9. The summed E-state index contributed by atoms with van der Waals surface area (Å²) in [6.45, 7) is 2.52. The zero-order chi connectivity index (χ0) is 44.3. The average Bonchev–Trinajstić information content (AvgIpc) is 3.57. The Morgan fingerprint density at radius 3 is 1.87 bits per heavy atom. The number of rotatable bonds is 40. The molecule has 13 nitrogen and oxygen atoms in total. The summed E-state index contributed by atoms with van der Waals surface area (Å²) >= 11 is 0. The number of carboxylic acids is 1. The van der Waals surface area contributed by atoms with Gasteiger partial charge in [0.15, 0.2) is 11.9 Å². The maximum atomic E-state index is 12.7. The Hall–Kier alpha value is -2.67. The number of aliphatic hydroxyl groups is 1. The number of unbranched alkanes of at least 4 members (excludes halogenated alkanes) is 19. The molecule has 60 heavy (non-hydrogen) atoms. The Labute approximate surface area is 360 Å². The van der Waals surface area contributed by atoms with Crippen LogP contribution in [0.15, 0.2) is 36.5 Å². The fourth-order valence-corrected chi connectivity index (χ4v) is 7.66. The highest BCUT2D eigenvalue weighted by Gasteiger charge is 2.29. The van der Waals surface area contributed by atoms with Gasteiger partial charge in [-0.05, 0) is 44.1 Å². The number of carbonyl (C=O) groups is 4. The number of phosphoric ester groups is 1. The third-order valence-corrected chi connectivity index (χ3v) is 11.6. The lowest BCUT2D eigenvalue weighted by atomic mass is 9.90. The van der Waals surface area contributed by atoms with Gasteiger partial charge < -0.3 is 30.3 Å². The molecule has 0 aromatic carbocycles. The molecule has 346 valence electrons. The summed E-state index contributed by atoms with van der Waals surface area (Å²) in [5.74, 6) is -2.82. The molecule has 0 radical (unpaired) electrons. The Bertz CT molecular complexity index is 1300. The lowest BCUT2D eigenvalue weighted by molar-refractivity contribution is -0.161. The smallest absolute Gasteiger partial charge is 0.472 e. The van der Waals surface area contributed by atoms with Crippen LogP contribution in [0.4, 0.5) is 0 Å². The molecule has 5 N–H and O–H groups in total. The molecule has 1 aliphatic carbocycles. The van der Waals surface area contributed by atoms with Gasteiger partial charge in [0.1, 0.15) is 12.6 Å². The standard InChI is InChI=1S/C46H80NO12P/c1-3-5-7-8-9-10-11-12-13-14-15-16-17-18-19-20-26-30-45(51)59-40(36-57-60(54,55)58-37-42(47)46(52)53)35-56-44(50)29-25-22-21-24-27-38-31-34-43(49)41(38)33-32-39(48)28-23-6-4-2/h21,24,31-34,38-42,48H,3-20,22-23,25-30,35-37,47H2,1-2H3,(H,52,53)(H,54,55)/b24-21-,33-32+/t38-,39-,40+,41+,42-/m0/s1. The van der Waals surface area contributed by atoms with E-state index in [4.69, 9.17) is 24.8 Å². The van der Waals surface area contributed by atoms with E-state index in [1.54, 1.807) is 12.2 Å². The van der Waals surface area contributed by atoms with Crippen LogP contribution in [0.3, 0.4) is 0 Å². The molecule has 0 heterocycles. The van der Waals surface area contributed by atoms with Crippen LogP contribution in [0.25, 0.3) is 0 Å². The van der Waals surface area contributed by atoms with Gasteiger partial charge in [0.25, 0.3) is 0 Å². The molecule has 1 unspecified atom stereocenters. The summed E-state index contributed by atoms with van der Waals surface area (Å²) < 4.78 is 32.7. The molecule has 0 aromatic heterocycles. The van der Waals surface area contributed by atoms with Crippen molar-refractivity contribution in [3.63, 3.8) is 0 Å². The van der Waals surface area contributed by atoms with Crippen molar-refractivity contribution in [3.8, 4) is 0 Å². The van der Waals surface area contributed by atoms with Gasteiger partial charge in [-0.25, -0.2) is 4.57 Å². The molecule has 1 aliphatic rings. The van der Waals surface area contributed by atoms with Crippen LogP contribution in [-0.4, -0.2) is 76.9 Å². The van der Waals surface area contributed by atoms with Gasteiger partial charge in [-0.15, -0.1) is 0 Å². The summed E-state index contributed by atoms with van der Waals surface area (Å²) in [6.07, 6.45) is 35.5. The van der Waals surface area contributed by atoms with Crippen LogP contribution >= 0.6 is 7.82 Å². The van der Waals surface area contributed by atoms with E-state index in [0.29, 0.717) is 32.1 Å². The minimum Gasteiger partial charge on any atom is -0.480 e. The molecule has 0 aliphatic heterocycles.